The largest absolute Gasteiger partial charge is 0.358 e. The van der Waals surface area contributed by atoms with Crippen LogP contribution in [0.2, 0.25) is 0 Å². The third kappa shape index (κ3) is 2.28. The Hall–Kier alpha value is -1.14. The van der Waals surface area contributed by atoms with Crippen LogP contribution in [0.4, 0.5) is 0 Å². The normalized spacial score (nSPS) is 30.7. The minimum atomic E-state index is -0.228. The fraction of sp³-hybridized carbons (Fsp3) is 0.818. The molecule has 2 heterocycles. The van der Waals surface area contributed by atoms with Crippen LogP contribution in [0, 0.1) is 0 Å². The molecule has 0 aliphatic carbocycles. The molecule has 2 unspecified atom stereocenters. The second-order valence-corrected chi connectivity index (χ2v) is 4.64. The van der Waals surface area contributed by atoms with Gasteiger partial charge in [-0.05, 0) is 6.42 Å². The highest BCUT2D eigenvalue weighted by molar-refractivity contribution is 5.86. The molecule has 2 rings (SSSR count). The molecule has 2 saturated heterocycles. The molecule has 0 aromatic carbocycles. The van der Waals surface area contributed by atoms with E-state index in [1.54, 1.807) is 11.9 Å². The first-order chi connectivity index (χ1) is 8.15. The minimum absolute atomic E-state index is 0.0143. The van der Waals surface area contributed by atoms with Crippen molar-refractivity contribution in [2.24, 2.45) is 0 Å². The highest BCUT2D eigenvalue weighted by Crippen LogP contribution is 2.19. The summed E-state index contributed by atoms with van der Waals surface area (Å²) in [6.45, 7) is 2.99. The van der Waals surface area contributed by atoms with Crippen molar-refractivity contribution in [3.63, 3.8) is 0 Å². The molecule has 2 aliphatic heterocycles. The van der Waals surface area contributed by atoms with E-state index in [0.29, 0.717) is 6.54 Å². The van der Waals surface area contributed by atoms with Crippen molar-refractivity contribution in [2.75, 3.05) is 40.3 Å². The van der Waals surface area contributed by atoms with Crippen molar-refractivity contribution in [1.82, 2.24) is 20.4 Å². The van der Waals surface area contributed by atoms with Crippen molar-refractivity contribution < 1.29 is 9.59 Å². The summed E-state index contributed by atoms with van der Waals surface area (Å²) >= 11 is 0. The van der Waals surface area contributed by atoms with E-state index in [9.17, 15) is 9.59 Å². The van der Waals surface area contributed by atoms with Crippen LogP contribution in [0.3, 0.4) is 0 Å². The summed E-state index contributed by atoms with van der Waals surface area (Å²) in [5.74, 6) is 0.125. The number of hydrogen-bond acceptors (Lipinski definition) is 4. The van der Waals surface area contributed by atoms with E-state index in [-0.39, 0.29) is 23.9 Å². The molecule has 2 aliphatic rings. The summed E-state index contributed by atoms with van der Waals surface area (Å²) in [5.41, 5.74) is 0. The maximum absolute atomic E-state index is 12.0. The lowest BCUT2D eigenvalue weighted by Crippen LogP contribution is -2.61. The van der Waals surface area contributed by atoms with Gasteiger partial charge in [-0.1, -0.05) is 0 Å². The second kappa shape index (κ2) is 5.01. The summed E-state index contributed by atoms with van der Waals surface area (Å²) in [6.07, 6.45) is 0.822. The molecule has 6 heteroatoms. The van der Waals surface area contributed by atoms with Crippen LogP contribution >= 0.6 is 0 Å². The van der Waals surface area contributed by atoms with Crippen LogP contribution in [-0.2, 0) is 9.59 Å². The van der Waals surface area contributed by atoms with E-state index >= 15 is 0 Å². The van der Waals surface area contributed by atoms with Gasteiger partial charge in [-0.2, -0.15) is 0 Å². The first-order valence-corrected chi connectivity index (χ1v) is 6.08. The van der Waals surface area contributed by atoms with Gasteiger partial charge in [-0.15, -0.1) is 0 Å². The van der Waals surface area contributed by atoms with Crippen molar-refractivity contribution in [3.05, 3.63) is 0 Å². The van der Waals surface area contributed by atoms with Crippen LogP contribution in [0.15, 0.2) is 0 Å². The lowest BCUT2D eigenvalue weighted by molar-refractivity contribution is -0.135. The number of piperazine rings is 1. The number of likely N-dealkylation sites (tertiary alicyclic amines) is 1. The summed E-state index contributed by atoms with van der Waals surface area (Å²) in [7, 11) is 3.46. The standard InChI is InChI=1S/C11H20N4O2/c1-12-10(16)9-7-13-4-6-15(9)8-3-5-14(2)11(8)17/h8-9,13H,3-7H2,1-2H3,(H,12,16). The number of nitrogens with zero attached hydrogens (tertiary/aromatic N) is 2. The van der Waals surface area contributed by atoms with Gasteiger partial charge in [0.15, 0.2) is 0 Å². The number of amides is 2. The highest BCUT2D eigenvalue weighted by atomic mass is 16.2. The summed E-state index contributed by atoms with van der Waals surface area (Å²) in [5, 5.41) is 5.87. The van der Waals surface area contributed by atoms with Gasteiger partial charge in [0, 0.05) is 40.3 Å². The molecule has 0 radical (unpaired) electrons. The van der Waals surface area contributed by atoms with Crippen molar-refractivity contribution in [1.29, 1.82) is 0 Å². The number of hydrogen-bond donors (Lipinski definition) is 2. The Bertz CT molecular complexity index is 317. The summed E-state index contributed by atoms with van der Waals surface area (Å²) < 4.78 is 0. The van der Waals surface area contributed by atoms with Gasteiger partial charge in [-0.3, -0.25) is 14.5 Å². The first kappa shape index (κ1) is 12.3. The third-order valence-corrected chi connectivity index (χ3v) is 3.63. The molecule has 2 atom stereocenters. The van der Waals surface area contributed by atoms with Crippen molar-refractivity contribution in [2.45, 2.75) is 18.5 Å². The maximum Gasteiger partial charge on any atom is 0.239 e. The number of carbonyl (C=O) groups excluding carboxylic acids is 2. The number of carbonyl (C=O) groups is 2. The molecule has 6 nitrogen and oxygen atoms in total. The Morgan fingerprint density at radius 2 is 2.24 bits per heavy atom. The second-order valence-electron chi connectivity index (χ2n) is 4.64. The average Bonchev–Trinajstić information content (AvgIpc) is 2.69. The molecular weight excluding hydrogens is 220 g/mol. The highest BCUT2D eigenvalue weighted by Gasteiger charge is 2.40. The van der Waals surface area contributed by atoms with Crippen LogP contribution in [0.5, 0.6) is 0 Å². The maximum atomic E-state index is 12.0. The summed E-state index contributed by atoms with van der Waals surface area (Å²) in [4.78, 5) is 27.6. The lowest BCUT2D eigenvalue weighted by atomic mass is 10.1. The molecule has 2 amide bonds. The van der Waals surface area contributed by atoms with Crippen LogP contribution in [0.25, 0.3) is 0 Å². The van der Waals surface area contributed by atoms with Gasteiger partial charge in [-0.25, -0.2) is 0 Å². The topological polar surface area (TPSA) is 64.7 Å². The monoisotopic (exact) mass is 240 g/mol. The quantitative estimate of drug-likeness (QED) is 0.600. The number of nitrogens with one attached hydrogen (secondary N) is 2. The van der Waals surface area contributed by atoms with Crippen molar-refractivity contribution >= 4 is 11.8 Å². The predicted octanol–water partition coefficient (Wildman–Crippen LogP) is -1.76. The molecule has 2 fully saturated rings. The third-order valence-electron chi connectivity index (χ3n) is 3.63. The fourth-order valence-electron chi connectivity index (χ4n) is 2.61. The number of likely N-dealkylation sites (N-methyl/N-ethyl adjacent to an activating group) is 2. The SMILES string of the molecule is CNC(=O)C1CNCCN1C1CCN(C)C1=O. The van der Waals surface area contributed by atoms with E-state index < -0.39 is 0 Å². The van der Waals surface area contributed by atoms with E-state index in [2.05, 4.69) is 10.6 Å². The molecule has 96 valence electrons. The molecule has 0 aromatic rings. The lowest BCUT2D eigenvalue weighted by Gasteiger charge is -2.37. The van der Waals surface area contributed by atoms with Crippen LogP contribution in [0.1, 0.15) is 6.42 Å². The van der Waals surface area contributed by atoms with Crippen molar-refractivity contribution in [3.8, 4) is 0 Å². The zero-order valence-electron chi connectivity index (χ0n) is 10.4. The van der Waals surface area contributed by atoms with E-state index in [4.69, 9.17) is 0 Å². The van der Waals surface area contributed by atoms with Gasteiger partial charge in [0.1, 0.15) is 6.04 Å². The molecular formula is C11H20N4O2. The number of rotatable bonds is 2. The van der Waals surface area contributed by atoms with Gasteiger partial charge in [0.25, 0.3) is 0 Å². The van der Waals surface area contributed by atoms with Gasteiger partial charge in [0.2, 0.25) is 11.8 Å². The van der Waals surface area contributed by atoms with Gasteiger partial charge in [0.05, 0.1) is 6.04 Å². The zero-order valence-corrected chi connectivity index (χ0v) is 10.4. The molecule has 2 N–H and O–H groups in total. The Morgan fingerprint density at radius 1 is 1.47 bits per heavy atom. The van der Waals surface area contributed by atoms with Gasteiger partial charge < -0.3 is 15.5 Å². The Kier molecular flexibility index (Phi) is 3.63. The van der Waals surface area contributed by atoms with E-state index in [0.717, 1.165) is 26.1 Å². The molecule has 0 aromatic heterocycles. The molecule has 0 spiro atoms. The average molecular weight is 240 g/mol. The summed E-state index contributed by atoms with van der Waals surface area (Å²) in [6, 6.07) is -0.349. The molecule has 0 saturated carbocycles. The smallest absolute Gasteiger partial charge is 0.239 e. The molecule has 0 bridgehead atoms. The van der Waals surface area contributed by atoms with Crippen LogP contribution in [-0.4, -0.2) is 74.0 Å². The zero-order chi connectivity index (χ0) is 12.4. The Morgan fingerprint density at radius 3 is 2.82 bits per heavy atom. The van der Waals surface area contributed by atoms with E-state index in [1.807, 2.05) is 11.9 Å². The van der Waals surface area contributed by atoms with Crippen LogP contribution < -0.4 is 10.6 Å². The fourth-order valence-corrected chi connectivity index (χ4v) is 2.61. The first-order valence-electron chi connectivity index (χ1n) is 6.08. The Labute approximate surface area is 101 Å². The molecule has 17 heavy (non-hydrogen) atoms. The minimum Gasteiger partial charge on any atom is -0.358 e. The van der Waals surface area contributed by atoms with E-state index in [1.165, 1.54) is 0 Å². The predicted molar refractivity (Wildman–Crippen MR) is 63.5 cm³/mol. The van der Waals surface area contributed by atoms with Gasteiger partial charge >= 0.3 is 0 Å². The Balaban J connectivity index is 2.11.